The second-order valence-electron chi connectivity index (χ2n) is 3.29. The van der Waals surface area contributed by atoms with Gasteiger partial charge in [-0.3, -0.25) is 15.2 Å². The van der Waals surface area contributed by atoms with Gasteiger partial charge in [0, 0.05) is 19.5 Å². The molecule has 0 saturated heterocycles. The van der Waals surface area contributed by atoms with Crippen LogP contribution in [0.25, 0.3) is 0 Å². The number of hydrazine groups is 1. The Morgan fingerprint density at radius 3 is 2.79 bits per heavy atom. The van der Waals surface area contributed by atoms with E-state index in [1.54, 1.807) is 6.20 Å². The third-order valence-corrected chi connectivity index (χ3v) is 1.97. The van der Waals surface area contributed by atoms with Gasteiger partial charge in [-0.15, -0.1) is 0 Å². The molecule has 1 atom stereocenters. The maximum Gasteiger partial charge on any atom is 0.330 e. The van der Waals surface area contributed by atoms with Crippen molar-refractivity contribution in [2.45, 2.75) is 26.3 Å². The smallest absolute Gasteiger partial charge is 0.330 e. The van der Waals surface area contributed by atoms with E-state index in [1.807, 2.05) is 6.92 Å². The molecule has 1 rings (SSSR count). The largest absolute Gasteiger partial charge is 0.467 e. The number of ether oxygens (including phenoxy) is 1. The van der Waals surface area contributed by atoms with Crippen LogP contribution in [0.5, 0.6) is 0 Å². The fourth-order valence-corrected chi connectivity index (χ4v) is 1.41. The van der Waals surface area contributed by atoms with Crippen molar-refractivity contribution in [3.63, 3.8) is 0 Å². The first-order valence-corrected chi connectivity index (χ1v) is 4.35. The lowest BCUT2D eigenvalue weighted by Gasteiger charge is -2.22. The summed E-state index contributed by atoms with van der Waals surface area (Å²) in [4.78, 5) is 22.1. The molecule has 0 radical (unpaired) electrons. The van der Waals surface area contributed by atoms with Gasteiger partial charge in [0.2, 0.25) is 5.91 Å². The summed E-state index contributed by atoms with van der Waals surface area (Å²) in [5, 5.41) is 1.49. The van der Waals surface area contributed by atoms with Crippen LogP contribution in [0.15, 0.2) is 11.8 Å². The van der Waals surface area contributed by atoms with Gasteiger partial charge in [-0.05, 0) is 6.92 Å². The minimum Gasteiger partial charge on any atom is -0.467 e. The Balaban J connectivity index is 2.69. The quantitative estimate of drug-likeness (QED) is 0.643. The number of hydrogen-bond acceptors (Lipinski definition) is 4. The summed E-state index contributed by atoms with van der Waals surface area (Å²) in [5.41, 5.74) is 3.59. The second kappa shape index (κ2) is 4.13. The standard InChI is InChI=1S/C9H14N2O3/c1-6-4-8(9(13)14-3)11(5-6)10-7(2)12/h5,8H,4H2,1-3H3,(H,10,12)/t8-/m0/s1. The molecule has 0 fully saturated rings. The minimum atomic E-state index is -0.427. The highest BCUT2D eigenvalue weighted by molar-refractivity contribution is 5.78. The van der Waals surface area contributed by atoms with Crippen LogP contribution in [0.4, 0.5) is 0 Å². The van der Waals surface area contributed by atoms with E-state index in [2.05, 4.69) is 10.2 Å². The molecule has 5 heteroatoms. The van der Waals surface area contributed by atoms with E-state index in [1.165, 1.54) is 19.0 Å². The normalized spacial score (nSPS) is 20.4. The van der Waals surface area contributed by atoms with Crippen molar-refractivity contribution in [2.75, 3.05) is 7.11 Å². The maximum absolute atomic E-state index is 11.3. The van der Waals surface area contributed by atoms with Gasteiger partial charge in [0.05, 0.1) is 7.11 Å². The molecule has 1 N–H and O–H groups in total. The second-order valence-corrected chi connectivity index (χ2v) is 3.29. The van der Waals surface area contributed by atoms with Gasteiger partial charge in [-0.25, -0.2) is 4.79 Å². The first kappa shape index (κ1) is 10.6. The molecule has 1 aliphatic rings. The Hall–Kier alpha value is -1.52. The van der Waals surface area contributed by atoms with Crippen LogP contribution in [-0.2, 0) is 14.3 Å². The topological polar surface area (TPSA) is 58.6 Å². The van der Waals surface area contributed by atoms with E-state index in [0.29, 0.717) is 6.42 Å². The lowest BCUT2D eigenvalue weighted by Crippen LogP contribution is -2.45. The first-order valence-electron chi connectivity index (χ1n) is 4.35. The number of nitrogens with zero attached hydrogens (tertiary/aromatic N) is 1. The van der Waals surface area contributed by atoms with Gasteiger partial charge in [0.1, 0.15) is 0 Å². The Morgan fingerprint density at radius 2 is 2.29 bits per heavy atom. The monoisotopic (exact) mass is 198 g/mol. The van der Waals surface area contributed by atoms with Crippen LogP contribution >= 0.6 is 0 Å². The third kappa shape index (κ3) is 2.25. The number of hydrogen-bond donors (Lipinski definition) is 1. The van der Waals surface area contributed by atoms with Crippen LogP contribution in [0.1, 0.15) is 20.3 Å². The van der Waals surface area contributed by atoms with Crippen LogP contribution in [0, 0.1) is 0 Å². The summed E-state index contributed by atoms with van der Waals surface area (Å²) in [6.07, 6.45) is 2.33. The lowest BCUT2D eigenvalue weighted by molar-refractivity contribution is -0.147. The molecule has 1 heterocycles. The van der Waals surface area contributed by atoms with E-state index in [0.717, 1.165) is 5.57 Å². The van der Waals surface area contributed by atoms with E-state index in [-0.39, 0.29) is 11.9 Å². The average Bonchev–Trinajstić information content (AvgIpc) is 2.44. The van der Waals surface area contributed by atoms with E-state index in [9.17, 15) is 9.59 Å². The number of rotatable bonds is 2. The van der Waals surface area contributed by atoms with E-state index < -0.39 is 6.04 Å². The number of esters is 1. The molecule has 14 heavy (non-hydrogen) atoms. The molecule has 0 spiro atoms. The molecule has 0 aromatic carbocycles. The number of nitrogens with one attached hydrogen (secondary N) is 1. The summed E-state index contributed by atoms with van der Waals surface area (Å²) < 4.78 is 4.63. The molecule has 0 unspecified atom stereocenters. The van der Waals surface area contributed by atoms with Crippen molar-refractivity contribution in [3.8, 4) is 0 Å². The van der Waals surface area contributed by atoms with Crippen LogP contribution in [0.2, 0.25) is 0 Å². The van der Waals surface area contributed by atoms with Crippen molar-refractivity contribution in [3.05, 3.63) is 11.8 Å². The molecule has 5 nitrogen and oxygen atoms in total. The predicted octanol–water partition coefficient (Wildman–Crippen LogP) is 0.189. The molecule has 0 aromatic rings. The fraction of sp³-hybridized carbons (Fsp3) is 0.556. The molecule has 1 aliphatic heterocycles. The molecule has 0 saturated carbocycles. The van der Waals surface area contributed by atoms with Crippen LogP contribution in [0.3, 0.4) is 0 Å². The predicted molar refractivity (Wildman–Crippen MR) is 49.8 cm³/mol. The highest BCUT2D eigenvalue weighted by atomic mass is 16.5. The highest BCUT2D eigenvalue weighted by Gasteiger charge is 2.30. The zero-order chi connectivity index (χ0) is 10.7. The Labute approximate surface area is 82.7 Å². The number of methoxy groups -OCH3 is 1. The Bertz CT molecular complexity index is 286. The lowest BCUT2D eigenvalue weighted by atomic mass is 10.2. The Kier molecular flexibility index (Phi) is 3.11. The van der Waals surface area contributed by atoms with Crippen LogP contribution < -0.4 is 5.43 Å². The van der Waals surface area contributed by atoms with Crippen molar-refractivity contribution >= 4 is 11.9 Å². The fourth-order valence-electron chi connectivity index (χ4n) is 1.41. The summed E-state index contributed by atoms with van der Waals surface area (Å²) in [5.74, 6) is -0.545. The molecular weight excluding hydrogens is 184 g/mol. The molecule has 1 amide bonds. The van der Waals surface area contributed by atoms with Gasteiger partial charge >= 0.3 is 5.97 Å². The number of amides is 1. The number of carbonyl (C=O) groups is 2. The van der Waals surface area contributed by atoms with Crippen molar-refractivity contribution in [1.82, 2.24) is 10.4 Å². The van der Waals surface area contributed by atoms with Crippen molar-refractivity contribution in [1.29, 1.82) is 0 Å². The first-order chi connectivity index (χ1) is 6.54. The maximum atomic E-state index is 11.3. The molecular formula is C9H14N2O3. The van der Waals surface area contributed by atoms with Gasteiger partial charge in [-0.2, -0.15) is 0 Å². The van der Waals surface area contributed by atoms with E-state index in [4.69, 9.17) is 0 Å². The molecule has 78 valence electrons. The summed E-state index contributed by atoms with van der Waals surface area (Å²) in [6, 6.07) is -0.427. The zero-order valence-electron chi connectivity index (χ0n) is 8.53. The Morgan fingerprint density at radius 1 is 1.64 bits per heavy atom. The summed E-state index contributed by atoms with van der Waals surface area (Å²) in [6.45, 7) is 3.30. The van der Waals surface area contributed by atoms with Crippen LogP contribution in [-0.4, -0.2) is 30.0 Å². The van der Waals surface area contributed by atoms with Gasteiger partial charge in [0.15, 0.2) is 6.04 Å². The SMILES string of the molecule is COC(=O)[C@@H]1CC(C)=CN1NC(C)=O. The third-order valence-electron chi connectivity index (χ3n) is 1.97. The van der Waals surface area contributed by atoms with E-state index >= 15 is 0 Å². The summed E-state index contributed by atoms with van der Waals surface area (Å²) in [7, 11) is 1.34. The van der Waals surface area contributed by atoms with Crippen molar-refractivity contribution in [2.24, 2.45) is 0 Å². The van der Waals surface area contributed by atoms with Gasteiger partial charge in [0.25, 0.3) is 0 Å². The van der Waals surface area contributed by atoms with Crippen molar-refractivity contribution < 1.29 is 14.3 Å². The van der Waals surface area contributed by atoms with Gasteiger partial charge in [-0.1, -0.05) is 5.57 Å². The number of carbonyl (C=O) groups excluding carboxylic acids is 2. The minimum absolute atomic E-state index is 0.204. The van der Waals surface area contributed by atoms with Gasteiger partial charge < -0.3 is 4.74 Å². The summed E-state index contributed by atoms with van der Waals surface area (Å²) >= 11 is 0. The molecule has 0 aliphatic carbocycles. The molecule has 0 bridgehead atoms. The average molecular weight is 198 g/mol. The zero-order valence-corrected chi connectivity index (χ0v) is 8.53. The molecule has 0 aromatic heterocycles. The highest BCUT2D eigenvalue weighted by Crippen LogP contribution is 2.19.